The first-order valence-corrected chi connectivity index (χ1v) is 5.75. The normalized spacial score (nSPS) is 16.9. The van der Waals surface area contributed by atoms with Gasteiger partial charge in [-0.2, -0.15) is 0 Å². The van der Waals surface area contributed by atoms with Gasteiger partial charge >= 0.3 is 0 Å². The summed E-state index contributed by atoms with van der Waals surface area (Å²) in [5.41, 5.74) is 0.974. The molecule has 0 atom stereocenters. The summed E-state index contributed by atoms with van der Waals surface area (Å²) in [6.45, 7) is 1.66. The number of aromatic amines is 1. The van der Waals surface area contributed by atoms with Crippen molar-refractivity contribution in [2.75, 3.05) is 13.1 Å². The molecule has 0 aliphatic carbocycles. The Hall–Kier alpha value is -1.58. The second-order valence-electron chi connectivity index (χ2n) is 4.15. The van der Waals surface area contributed by atoms with Crippen LogP contribution in [0.1, 0.15) is 46.7 Å². The maximum atomic E-state index is 12.1. The lowest BCUT2D eigenvalue weighted by Crippen LogP contribution is -2.32. The predicted molar refractivity (Wildman–Crippen MR) is 60.6 cm³/mol. The highest BCUT2D eigenvalue weighted by Gasteiger charge is 2.18. The fourth-order valence-electron chi connectivity index (χ4n) is 2.05. The maximum Gasteiger partial charge on any atom is 0.270 e. The van der Waals surface area contributed by atoms with Gasteiger partial charge < -0.3 is 9.88 Å². The molecule has 0 saturated carbocycles. The van der Waals surface area contributed by atoms with Gasteiger partial charge in [-0.1, -0.05) is 12.8 Å². The van der Waals surface area contributed by atoms with Gasteiger partial charge in [0, 0.05) is 13.1 Å². The fraction of sp³-hybridized carbons (Fsp3) is 0.500. The molecule has 0 aromatic carbocycles. The van der Waals surface area contributed by atoms with Crippen LogP contribution in [0.2, 0.25) is 0 Å². The molecule has 1 amide bonds. The van der Waals surface area contributed by atoms with Crippen LogP contribution in [0.15, 0.2) is 12.1 Å². The molecule has 4 nitrogen and oxygen atoms in total. The topological polar surface area (TPSA) is 53.2 Å². The van der Waals surface area contributed by atoms with Gasteiger partial charge in [0.2, 0.25) is 0 Å². The van der Waals surface area contributed by atoms with Crippen LogP contribution in [0, 0.1) is 0 Å². The first-order valence-electron chi connectivity index (χ1n) is 5.75. The van der Waals surface area contributed by atoms with Crippen LogP contribution in [0.25, 0.3) is 0 Å². The zero-order valence-electron chi connectivity index (χ0n) is 9.24. The van der Waals surface area contributed by atoms with E-state index in [9.17, 15) is 9.59 Å². The van der Waals surface area contributed by atoms with Crippen LogP contribution in [-0.4, -0.2) is 35.2 Å². The third kappa shape index (κ3) is 2.32. The summed E-state index contributed by atoms with van der Waals surface area (Å²) in [6.07, 6.45) is 5.28. The van der Waals surface area contributed by atoms with Crippen molar-refractivity contribution in [1.82, 2.24) is 9.88 Å². The molecule has 4 heteroatoms. The number of carbonyl (C=O) groups is 2. The van der Waals surface area contributed by atoms with Crippen molar-refractivity contribution in [1.29, 1.82) is 0 Å². The van der Waals surface area contributed by atoms with E-state index in [2.05, 4.69) is 4.98 Å². The van der Waals surface area contributed by atoms with Crippen LogP contribution in [0.3, 0.4) is 0 Å². The van der Waals surface area contributed by atoms with E-state index in [1.807, 2.05) is 4.90 Å². The molecule has 86 valence electrons. The Morgan fingerprint density at radius 2 is 1.88 bits per heavy atom. The maximum absolute atomic E-state index is 12.1. The first-order chi connectivity index (χ1) is 7.81. The van der Waals surface area contributed by atoms with Crippen molar-refractivity contribution in [3.05, 3.63) is 23.5 Å². The molecule has 1 aliphatic rings. The Morgan fingerprint density at radius 3 is 2.44 bits per heavy atom. The van der Waals surface area contributed by atoms with Crippen molar-refractivity contribution in [2.45, 2.75) is 25.7 Å². The molecule has 0 unspecified atom stereocenters. The Balaban J connectivity index is 2.07. The zero-order chi connectivity index (χ0) is 11.4. The highest BCUT2D eigenvalue weighted by Crippen LogP contribution is 2.12. The molecule has 1 fully saturated rings. The lowest BCUT2D eigenvalue weighted by Gasteiger charge is -2.19. The SMILES string of the molecule is O=Cc1ccc(C(=O)N2CCCCCC2)[nH]1. The molecular formula is C12H16N2O2. The van der Waals surface area contributed by atoms with E-state index >= 15 is 0 Å². The second-order valence-corrected chi connectivity index (χ2v) is 4.15. The van der Waals surface area contributed by atoms with Crippen LogP contribution < -0.4 is 0 Å². The highest BCUT2D eigenvalue weighted by atomic mass is 16.2. The first kappa shape index (κ1) is 10.9. The third-order valence-corrected chi connectivity index (χ3v) is 2.96. The second kappa shape index (κ2) is 4.96. The van der Waals surface area contributed by atoms with Gasteiger partial charge in [0.1, 0.15) is 5.69 Å². The van der Waals surface area contributed by atoms with E-state index in [4.69, 9.17) is 0 Å². The number of hydrogen-bond acceptors (Lipinski definition) is 2. The molecule has 1 saturated heterocycles. The van der Waals surface area contributed by atoms with Crippen LogP contribution in [-0.2, 0) is 0 Å². The molecule has 0 radical (unpaired) electrons. The molecule has 1 aromatic heterocycles. The molecule has 0 spiro atoms. The van der Waals surface area contributed by atoms with E-state index in [1.165, 1.54) is 12.8 Å². The zero-order valence-corrected chi connectivity index (χ0v) is 9.24. The lowest BCUT2D eigenvalue weighted by molar-refractivity contribution is 0.0756. The molecule has 2 heterocycles. The van der Waals surface area contributed by atoms with Crippen molar-refractivity contribution in [3.8, 4) is 0 Å². The largest absolute Gasteiger partial charge is 0.348 e. The average molecular weight is 220 g/mol. The van der Waals surface area contributed by atoms with Gasteiger partial charge in [-0.3, -0.25) is 9.59 Å². The van der Waals surface area contributed by atoms with Gasteiger partial charge in [0.05, 0.1) is 5.69 Å². The highest BCUT2D eigenvalue weighted by molar-refractivity contribution is 5.93. The summed E-state index contributed by atoms with van der Waals surface area (Å²) in [4.78, 5) is 27.3. The minimum atomic E-state index is 0.00926. The summed E-state index contributed by atoms with van der Waals surface area (Å²) in [7, 11) is 0. The van der Waals surface area contributed by atoms with Crippen LogP contribution in [0.4, 0.5) is 0 Å². The molecule has 2 rings (SSSR count). The molecular weight excluding hydrogens is 204 g/mol. The molecule has 16 heavy (non-hydrogen) atoms. The van der Waals surface area contributed by atoms with Gasteiger partial charge in [-0.15, -0.1) is 0 Å². The Kier molecular flexibility index (Phi) is 3.39. The standard InChI is InChI=1S/C12H16N2O2/c15-9-10-5-6-11(13-10)12(16)14-7-3-1-2-4-8-14/h5-6,9,13H,1-4,7-8H2. The summed E-state index contributed by atoms with van der Waals surface area (Å²) < 4.78 is 0. The number of amides is 1. The summed E-state index contributed by atoms with van der Waals surface area (Å²) >= 11 is 0. The summed E-state index contributed by atoms with van der Waals surface area (Å²) in [6, 6.07) is 3.31. The predicted octanol–water partition coefficient (Wildman–Crippen LogP) is 1.84. The number of likely N-dealkylation sites (tertiary alicyclic amines) is 1. The number of aromatic nitrogens is 1. The Morgan fingerprint density at radius 1 is 1.19 bits per heavy atom. The summed E-state index contributed by atoms with van der Waals surface area (Å²) in [5, 5.41) is 0. The van der Waals surface area contributed by atoms with Crippen molar-refractivity contribution < 1.29 is 9.59 Å². The fourth-order valence-corrected chi connectivity index (χ4v) is 2.05. The summed E-state index contributed by atoms with van der Waals surface area (Å²) in [5.74, 6) is 0.00926. The number of nitrogens with one attached hydrogen (secondary N) is 1. The quantitative estimate of drug-likeness (QED) is 0.773. The smallest absolute Gasteiger partial charge is 0.270 e. The van der Waals surface area contributed by atoms with Gasteiger partial charge in [0.15, 0.2) is 6.29 Å². The number of rotatable bonds is 2. The van der Waals surface area contributed by atoms with Gasteiger partial charge in [-0.05, 0) is 25.0 Å². The number of carbonyl (C=O) groups excluding carboxylic acids is 2. The van der Waals surface area contributed by atoms with Crippen molar-refractivity contribution in [3.63, 3.8) is 0 Å². The lowest BCUT2D eigenvalue weighted by atomic mass is 10.2. The van der Waals surface area contributed by atoms with Crippen LogP contribution >= 0.6 is 0 Å². The molecule has 1 N–H and O–H groups in total. The van der Waals surface area contributed by atoms with Crippen molar-refractivity contribution in [2.24, 2.45) is 0 Å². The monoisotopic (exact) mass is 220 g/mol. The van der Waals surface area contributed by atoms with E-state index < -0.39 is 0 Å². The number of nitrogens with zero attached hydrogens (tertiary/aromatic N) is 1. The number of aldehydes is 1. The Bertz CT molecular complexity index is 376. The van der Waals surface area contributed by atoms with Gasteiger partial charge in [-0.25, -0.2) is 0 Å². The van der Waals surface area contributed by atoms with E-state index in [0.29, 0.717) is 11.4 Å². The molecule has 0 bridgehead atoms. The minimum Gasteiger partial charge on any atom is -0.348 e. The van der Waals surface area contributed by atoms with Gasteiger partial charge in [0.25, 0.3) is 5.91 Å². The number of hydrogen-bond donors (Lipinski definition) is 1. The van der Waals surface area contributed by atoms with Crippen LogP contribution in [0.5, 0.6) is 0 Å². The minimum absolute atomic E-state index is 0.00926. The molecule has 1 aromatic rings. The average Bonchev–Trinajstić information content (AvgIpc) is 2.62. The van der Waals surface area contributed by atoms with E-state index in [0.717, 1.165) is 32.2 Å². The Labute approximate surface area is 94.6 Å². The van der Waals surface area contributed by atoms with E-state index in [1.54, 1.807) is 12.1 Å². The third-order valence-electron chi connectivity index (χ3n) is 2.96. The van der Waals surface area contributed by atoms with E-state index in [-0.39, 0.29) is 5.91 Å². The number of H-pyrrole nitrogens is 1. The van der Waals surface area contributed by atoms with Crippen molar-refractivity contribution >= 4 is 12.2 Å². The molecule has 1 aliphatic heterocycles.